The molecule has 0 amide bonds. The second-order valence-electron chi connectivity index (χ2n) is 5.65. The molecule has 2 aliphatic rings. The van der Waals surface area contributed by atoms with E-state index in [1.54, 1.807) is 0 Å². The van der Waals surface area contributed by atoms with Crippen LogP contribution in [0.3, 0.4) is 0 Å². The Balaban J connectivity index is 2.24. The lowest BCUT2D eigenvalue weighted by Crippen LogP contribution is -2.15. The maximum atomic E-state index is 6.23. The minimum Gasteiger partial charge on any atom is -0.137 e. The van der Waals surface area contributed by atoms with Gasteiger partial charge in [0.2, 0.25) is 0 Å². The molecule has 86 valence electrons. The maximum absolute atomic E-state index is 6.23. The molecule has 0 bridgehead atoms. The summed E-state index contributed by atoms with van der Waals surface area (Å²) < 4.78 is 0. The van der Waals surface area contributed by atoms with Crippen LogP contribution in [0.15, 0.2) is 0 Å². The molecule has 1 aromatic heterocycles. The summed E-state index contributed by atoms with van der Waals surface area (Å²) in [6, 6.07) is 0. The van der Waals surface area contributed by atoms with Gasteiger partial charge in [0.25, 0.3) is 0 Å². The van der Waals surface area contributed by atoms with Gasteiger partial charge in [-0.3, -0.25) is 0 Å². The Hall–Kier alpha value is -0.340. The number of aromatic nitrogens is 2. The first-order valence-corrected chi connectivity index (χ1v) is 6.45. The van der Waals surface area contributed by atoms with Gasteiger partial charge >= 0.3 is 0 Å². The van der Waals surface area contributed by atoms with Gasteiger partial charge in [0, 0.05) is 11.1 Å². The standard InChI is InChI=1S/C12H14Cl2N2/c1-11(3-4-11)7-8(12(2)5-6-12)10(14)16-15-9(7)13/h3-6H2,1-2H3. The third-order valence-corrected chi connectivity index (χ3v) is 4.62. The van der Waals surface area contributed by atoms with E-state index in [1.165, 1.54) is 25.7 Å². The summed E-state index contributed by atoms with van der Waals surface area (Å²) in [4.78, 5) is 0. The van der Waals surface area contributed by atoms with Crippen molar-refractivity contribution in [1.29, 1.82) is 0 Å². The van der Waals surface area contributed by atoms with Crippen LogP contribution in [-0.2, 0) is 10.8 Å². The Morgan fingerprint density at radius 1 is 0.812 bits per heavy atom. The summed E-state index contributed by atoms with van der Waals surface area (Å²) in [7, 11) is 0. The zero-order chi connectivity index (χ0) is 11.6. The fourth-order valence-electron chi connectivity index (χ4n) is 2.37. The molecule has 2 nitrogen and oxygen atoms in total. The first-order valence-electron chi connectivity index (χ1n) is 5.69. The molecule has 0 radical (unpaired) electrons. The van der Waals surface area contributed by atoms with Crippen molar-refractivity contribution in [3.63, 3.8) is 0 Å². The number of hydrogen-bond donors (Lipinski definition) is 0. The quantitative estimate of drug-likeness (QED) is 0.803. The lowest BCUT2D eigenvalue weighted by molar-refractivity contribution is 0.693. The van der Waals surface area contributed by atoms with Crippen molar-refractivity contribution in [2.24, 2.45) is 0 Å². The molecule has 2 aliphatic carbocycles. The minimum atomic E-state index is 0.192. The van der Waals surface area contributed by atoms with E-state index in [9.17, 15) is 0 Å². The van der Waals surface area contributed by atoms with Gasteiger partial charge in [0.05, 0.1) is 0 Å². The van der Waals surface area contributed by atoms with Crippen molar-refractivity contribution in [2.75, 3.05) is 0 Å². The number of nitrogens with zero attached hydrogens (tertiary/aromatic N) is 2. The van der Waals surface area contributed by atoms with E-state index in [1.807, 2.05) is 0 Å². The lowest BCUT2D eigenvalue weighted by atomic mass is 9.88. The molecule has 3 rings (SSSR count). The molecule has 0 unspecified atom stereocenters. The van der Waals surface area contributed by atoms with E-state index in [0.717, 1.165) is 11.1 Å². The fraction of sp³-hybridized carbons (Fsp3) is 0.667. The summed E-state index contributed by atoms with van der Waals surface area (Å²) in [5.41, 5.74) is 2.71. The Kier molecular flexibility index (Phi) is 2.10. The van der Waals surface area contributed by atoms with E-state index in [4.69, 9.17) is 23.2 Å². The molecule has 16 heavy (non-hydrogen) atoms. The molecule has 4 heteroatoms. The molecule has 0 aromatic carbocycles. The Morgan fingerprint density at radius 2 is 1.12 bits per heavy atom. The highest BCUT2D eigenvalue weighted by molar-refractivity contribution is 6.32. The molecule has 0 saturated heterocycles. The monoisotopic (exact) mass is 256 g/mol. The SMILES string of the molecule is CC1(c2c(Cl)nnc(Cl)c2C2(C)CC2)CC1. The smallest absolute Gasteiger partial charge is 0.137 e. The van der Waals surface area contributed by atoms with Gasteiger partial charge in [-0.1, -0.05) is 37.0 Å². The zero-order valence-corrected chi connectivity index (χ0v) is 11.0. The van der Waals surface area contributed by atoms with Gasteiger partial charge in [0.1, 0.15) is 0 Å². The topological polar surface area (TPSA) is 25.8 Å². The van der Waals surface area contributed by atoms with Crippen LogP contribution in [0.2, 0.25) is 10.3 Å². The van der Waals surface area contributed by atoms with Crippen LogP contribution in [-0.4, -0.2) is 10.2 Å². The van der Waals surface area contributed by atoms with Crippen LogP contribution in [0.4, 0.5) is 0 Å². The van der Waals surface area contributed by atoms with Gasteiger partial charge in [-0.2, -0.15) is 0 Å². The Bertz CT molecular complexity index is 419. The van der Waals surface area contributed by atoms with Crippen LogP contribution in [0.25, 0.3) is 0 Å². The van der Waals surface area contributed by atoms with Crippen molar-refractivity contribution in [1.82, 2.24) is 10.2 Å². The third-order valence-electron chi connectivity index (χ3n) is 4.10. The first kappa shape index (κ1) is 10.8. The second kappa shape index (κ2) is 3.11. The van der Waals surface area contributed by atoms with Gasteiger partial charge in [-0.05, 0) is 36.5 Å². The molecule has 2 fully saturated rings. The normalized spacial score (nSPS) is 24.2. The van der Waals surface area contributed by atoms with Gasteiger partial charge in [0.15, 0.2) is 10.3 Å². The van der Waals surface area contributed by atoms with Crippen LogP contribution in [0.5, 0.6) is 0 Å². The van der Waals surface area contributed by atoms with E-state index >= 15 is 0 Å². The molecule has 0 N–H and O–H groups in total. The van der Waals surface area contributed by atoms with Crippen molar-refractivity contribution in [3.8, 4) is 0 Å². The van der Waals surface area contributed by atoms with Crippen LogP contribution in [0.1, 0.15) is 50.7 Å². The number of halogens is 2. The van der Waals surface area contributed by atoms with E-state index in [2.05, 4.69) is 24.0 Å². The molecule has 1 heterocycles. The molecule has 2 saturated carbocycles. The highest BCUT2D eigenvalue weighted by Crippen LogP contribution is 2.58. The molecular formula is C12H14Cl2N2. The summed E-state index contributed by atoms with van der Waals surface area (Å²) in [5.74, 6) is 0. The van der Waals surface area contributed by atoms with Crippen LogP contribution >= 0.6 is 23.2 Å². The first-order chi connectivity index (χ1) is 7.46. The minimum absolute atomic E-state index is 0.192. The average molecular weight is 257 g/mol. The predicted octanol–water partition coefficient (Wildman–Crippen LogP) is 3.89. The molecule has 1 aromatic rings. The fourth-order valence-corrected chi connectivity index (χ4v) is 3.09. The van der Waals surface area contributed by atoms with Crippen molar-refractivity contribution in [3.05, 3.63) is 21.4 Å². The largest absolute Gasteiger partial charge is 0.155 e. The summed E-state index contributed by atoms with van der Waals surface area (Å²) >= 11 is 12.5. The maximum Gasteiger partial charge on any atom is 0.155 e. The van der Waals surface area contributed by atoms with Crippen molar-refractivity contribution in [2.45, 2.75) is 50.4 Å². The third kappa shape index (κ3) is 1.46. The van der Waals surface area contributed by atoms with Gasteiger partial charge in [-0.25, -0.2) is 0 Å². The average Bonchev–Trinajstić information content (AvgIpc) is 3.11. The molecule has 0 aliphatic heterocycles. The molecule has 0 spiro atoms. The Labute approximate surface area is 105 Å². The summed E-state index contributed by atoms with van der Waals surface area (Å²) in [6.45, 7) is 4.48. The summed E-state index contributed by atoms with van der Waals surface area (Å²) in [5, 5.41) is 9.04. The molecular weight excluding hydrogens is 243 g/mol. The van der Waals surface area contributed by atoms with Crippen molar-refractivity contribution < 1.29 is 0 Å². The summed E-state index contributed by atoms with van der Waals surface area (Å²) in [6.07, 6.45) is 4.71. The van der Waals surface area contributed by atoms with E-state index in [-0.39, 0.29) is 10.8 Å². The van der Waals surface area contributed by atoms with E-state index < -0.39 is 0 Å². The lowest BCUT2D eigenvalue weighted by Gasteiger charge is -2.20. The van der Waals surface area contributed by atoms with Gasteiger partial charge < -0.3 is 0 Å². The highest BCUT2D eigenvalue weighted by atomic mass is 35.5. The van der Waals surface area contributed by atoms with Crippen LogP contribution in [0, 0.1) is 0 Å². The number of rotatable bonds is 2. The second-order valence-corrected chi connectivity index (χ2v) is 6.37. The van der Waals surface area contributed by atoms with Gasteiger partial charge in [-0.15, -0.1) is 10.2 Å². The highest BCUT2D eigenvalue weighted by Gasteiger charge is 2.50. The number of hydrogen-bond acceptors (Lipinski definition) is 2. The Morgan fingerprint density at radius 3 is 1.38 bits per heavy atom. The molecule has 0 atom stereocenters. The van der Waals surface area contributed by atoms with Crippen molar-refractivity contribution >= 4 is 23.2 Å². The van der Waals surface area contributed by atoms with Crippen LogP contribution < -0.4 is 0 Å². The zero-order valence-electron chi connectivity index (χ0n) is 9.48. The van der Waals surface area contributed by atoms with E-state index in [0.29, 0.717) is 10.3 Å². The predicted molar refractivity (Wildman–Crippen MR) is 65.2 cm³/mol.